The second kappa shape index (κ2) is 7.61. The largest absolute Gasteiger partial charge is 0.354 e. The number of carbonyl (C=O) groups is 2. The number of rotatable bonds is 5. The van der Waals surface area contributed by atoms with E-state index in [-0.39, 0.29) is 11.9 Å². The molecule has 0 saturated carbocycles. The molecule has 0 aliphatic heterocycles. The highest BCUT2D eigenvalue weighted by Crippen LogP contribution is 1.85. The minimum absolute atomic E-state index is 0.0130. The Morgan fingerprint density at radius 3 is 2.29 bits per heavy atom. The highest BCUT2D eigenvalue weighted by atomic mass is 79.9. The number of carbonyl (C=O) groups excluding carboxylic acids is 2. The van der Waals surface area contributed by atoms with Gasteiger partial charge in [-0.1, -0.05) is 15.9 Å². The Morgan fingerprint density at radius 2 is 1.79 bits per heavy atom. The van der Waals surface area contributed by atoms with E-state index in [1.165, 1.54) is 4.90 Å². The molecule has 0 fully saturated rings. The zero-order valence-electron chi connectivity index (χ0n) is 8.47. The van der Waals surface area contributed by atoms with Crippen molar-refractivity contribution in [3.63, 3.8) is 0 Å². The van der Waals surface area contributed by atoms with Gasteiger partial charge < -0.3 is 15.5 Å². The van der Waals surface area contributed by atoms with Crippen LogP contribution in [0.1, 0.15) is 6.42 Å². The van der Waals surface area contributed by atoms with Gasteiger partial charge in [0.1, 0.15) is 0 Å². The molecule has 0 spiro atoms. The topological polar surface area (TPSA) is 61.4 Å². The van der Waals surface area contributed by atoms with Crippen LogP contribution < -0.4 is 10.6 Å². The molecule has 0 aromatic rings. The van der Waals surface area contributed by atoms with Crippen LogP contribution in [0.2, 0.25) is 0 Å². The molecule has 0 bridgehead atoms. The minimum Gasteiger partial charge on any atom is -0.354 e. The molecule has 5 nitrogen and oxygen atoms in total. The van der Waals surface area contributed by atoms with Gasteiger partial charge in [-0.05, 0) is 0 Å². The lowest BCUT2D eigenvalue weighted by atomic mass is 10.4. The molecule has 0 aromatic carbocycles. The van der Waals surface area contributed by atoms with Crippen LogP contribution >= 0.6 is 15.9 Å². The van der Waals surface area contributed by atoms with Gasteiger partial charge >= 0.3 is 6.03 Å². The highest BCUT2D eigenvalue weighted by molar-refractivity contribution is 9.09. The second-order valence-electron chi connectivity index (χ2n) is 2.92. The van der Waals surface area contributed by atoms with E-state index in [0.29, 0.717) is 24.8 Å². The SMILES string of the molecule is CN(C)C(=O)NCCNC(=O)CCBr. The number of halogens is 1. The van der Waals surface area contributed by atoms with Crippen molar-refractivity contribution < 1.29 is 9.59 Å². The summed E-state index contributed by atoms with van der Waals surface area (Å²) in [6.07, 6.45) is 0.460. The standard InChI is InChI=1S/C8H16BrN3O2/c1-12(2)8(14)11-6-5-10-7(13)3-4-9/h3-6H2,1-2H3,(H,10,13)(H,11,14). The van der Waals surface area contributed by atoms with Gasteiger partial charge in [0.25, 0.3) is 0 Å². The molecule has 82 valence electrons. The average molecular weight is 266 g/mol. The van der Waals surface area contributed by atoms with E-state index < -0.39 is 0 Å². The Balaban J connectivity index is 3.38. The molecule has 14 heavy (non-hydrogen) atoms. The van der Waals surface area contributed by atoms with Crippen LogP contribution in [0.25, 0.3) is 0 Å². The Morgan fingerprint density at radius 1 is 1.21 bits per heavy atom. The maximum atomic E-state index is 11.0. The fourth-order valence-corrected chi connectivity index (χ4v) is 1.06. The molecule has 3 amide bonds. The number of nitrogens with zero attached hydrogens (tertiary/aromatic N) is 1. The van der Waals surface area contributed by atoms with Crippen molar-refractivity contribution >= 4 is 27.9 Å². The summed E-state index contributed by atoms with van der Waals surface area (Å²) in [7, 11) is 3.33. The van der Waals surface area contributed by atoms with Crippen molar-refractivity contribution in [2.75, 3.05) is 32.5 Å². The number of hydrogen-bond acceptors (Lipinski definition) is 2. The fraction of sp³-hybridized carbons (Fsp3) is 0.750. The summed E-state index contributed by atoms with van der Waals surface area (Å²) in [5, 5.41) is 5.97. The van der Waals surface area contributed by atoms with Crippen LogP contribution in [0, 0.1) is 0 Å². The van der Waals surface area contributed by atoms with Crippen molar-refractivity contribution in [2.45, 2.75) is 6.42 Å². The first-order valence-electron chi connectivity index (χ1n) is 4.35. The van der Waals surface area contributed by atoms with E-state index in [1.54, 1.807) is 14.1 Å². The molecular formula is C8H16BrN3O2. The summed E-state index contributed by atoms with van der Waals surface area (Å²) in [4.78, 5) is 23.4. The smallest absolute Gasteiger partial charge is 0.316 e. The molecule has 6 heteroatoms. The molecule has 2 N–H and O–H groups in total. The van der Waals surface area contributed by atoms with Gasteiger partial charge in [0.05, 0.1) is 0 Å². The third-order valence-corrected chi connectivity index (χ3v) is 1.85. The summed E-state index contributed by atoms with van der Waals surface area (Å²) < 4.78 is 0. The first kappa shape index (κ1) is 13.2. The molecule has 0 aromatic heterocycles. The van der Waals surface area contributed by atoms with Gasteiger partial charge in [0.2, 0.25) is 5.91 Å². The van der Waals surface area contributed by atoms with Crippen LogP contribution in [-0.4, -0.2) is 49.4 Å². The number of alkyl halides is 1. The molecule has 0 atom stereocenters. The number of hydrogen-bond donors (Lipinski definition) is 2. The van der Waals surface area contributed by atoms with E-state index in [2.05, 4.69) is 26.6 Å². The normalized spacial score (nSPS) is 9.36. The summed E-state index contributed by atoms with van der Waals surface area (Å²) >= 11 is 3.16. The summed E-state index contributed by atoms with van der Waals surface area (Å²) in [6, 6.07) is -0.153. The Hall–Kier alpha value is -0.780. The van der Waals surface area contributed by atoms with Gasteiger partial charge in [-0.15, -0.1) is 0 Å². The van der Waals surface area contributed by atoms with E-state index in [0.717, 1.165) is 0 Å². The Bertz CT molecular complexity index is 197. The van der Waals surface area contributed by atoms with Crippen LogP contribution in [0.3, 0.4) is 0 Å². The quantitative estimate of drug-likeness (QED) is 0.550. The van der Waals surface area contributed by atoms with Gasteiger partial charge in [0, 0.05) is 38.9 Å². The molecular weight excluding hydrogens is 250 g/mol. The Kier molecular flexibility index (Phi) is 7.18. The predicted molar refractivity (Wildman–Crippen MR) is 58.5 cm³/mol. The molecule has 0 radical (unpaired) electrons. The monoisotopic (exact) mass is 265 g/mol. The lowest BCUT2D eigenvalue weighted by molar-refractivity contribution is -0.120. The van der Waals surface area contributed by atoms with E-state index in [1.807, 2.05) is 0 Å². The number of nitrogens with one attached hydrogen (secondary N) is 2. The highest BCUT2D eigenvalue weighted by Gasteiger charge is 2.02. The molecule has 0 rings (SSSR count). The maximum absolute atomic E-state index is 11.0. The second-order valence-corrected chi connectivity index (χ2v) is 3.71. The molecule has 0 unspecified atom stereocenters. The van der Waals surface area contributed by atoms with E-state index >= 15 is 0 Å². The average Bonchev–Trinajstić information content (AvgIpc) is 2.12. The van der Waals surface area contributed by atoms with Gasteiger partial charge in [-0.2, -0.15) is 0 Å². The third-order valence-electron chi connectivity index (χ3n) is 1.45. The van der Waals surface area contributed by atoms with Crippen LogP contribution in [-0.2, 0) is 4.79 Å². The van der Waals surface area contributed by atoms with Crippen molar-refractivity contribution in [1.29, 1.82) is 0 Å². The molecule has 0 aliphatic rings. The molecule has 0 saturated heterocycles. The maximum Gasteiger partial charge on any atom is 0.316 e. The zero-order chi connectivity index (χ0) is 11.0. The van der Waals surface area contributed by atoms with Crippen molar-refractivity contribution in [3.8, 4) is 0 Å². The van der Waals surface area contributed by atoms with E-state index in [9.17, 15) is 9.59 Å². The first-order chi connectivity index (χ1) is 6.57. The lowest BCUT2D eigenvalue weighted by Gasteiger charge is -2.11. The number of amides is 3. The Labute approximate surface area is 92.3 Å². The van der Waals surface area contributed by atoms with Crippen molar-refractivity contribution in [2.24, 2.45) is 0 Å². The van der Waals surface area contributed by atoms with Crippen LogP contribution in [0.5, 0.6) is 0 Å². The number of urea groups is 1. The van der Waals surface area contributed by atoms with Gasteiger partial charge in [-0.3, -0.25) is 4.79 Å². The summed E-state index contributed by atoms with van der Waals surface area (Å²) in [6.45, 7) is 0.913. The minimum atomic E-state index is -0.153. The third kappa shape index (κ3) is 6.71. The summed E-state index contributed by atoms with van der Waals surface area (Å²) in [5.41, 5.74) is 0. The lowest BCUT2D eigenvalue weighted by Crippen LogP contribution is -2.39. The van der Waals surface area contributed by atoms with Crippen molar-refractivity contribution in [1.82, 2.24) is 15.5 Å². The van der Waals surface area contributed by atoms with Crippen LogP contribution in [0.15, 0.2) is 0 Å². The zero-order valence-corrected chi connectivity index (χ0v) is 10.1. The molecule has 0 heterocycles. The van der Waals surface area contributed by atoms with Gasteiger partial charge in [0.15, 0.2) is 0 Å². The summed E-state index contributed by atoms with van der Waals surface area (Å²) in [5.74, 6) is -0.0130. The first-order valence-corrected chi connectivity index (χ1v) is 5.48. The molecule has 0 aliphatic carbocycles. The fourth-order valence-electron chi connectivity index (χ4n) is 0.704. The van der Waals surface area contributed by atoms with Crippen molar-refractivity contribution in [3.05, 3.63) is 0 Å². The van der Waals surface area contributed by atoms with E-state index in [4.69, 9.17) is 0 Å². The predicted octanol–water partition coefficient (Wildman–Crippen LogP) is 0.159. The van der Waals surface area contributed by atoms with Gasteiger partial charge in [-0.25, -0.2) is 4.79 Å². The van der Waals surface area contributed by atoms with Crippen LogP contribution in [0.4, 0.5) is 4.79 Å².